The Bertz CT molecular complexity index is 869. The highest BCUT2D eigenvalue weighted by Gasteiger charge is 2.28. The van der Waals surface area contributed by atoms with Crippen LogP contribution in [-0.4, -0.2) is 50.0 Å². The summed E-state index contributed by atoms with van der Waals surface area (Å²) < 4.78 is 9.94. The first-order valence-corrected chi connectivity index (χ1v) is 9.65. The van der Waals surface area contributed by atoms with E-state index < -0.39 is 11.9 Å². The van der Waals surface area contributed by atoms with Crippen LogP contribution in [0.3, 0.4) is 0 Å². The molecule has 0 aliphatic heterocycles. The molecule has 2 rings (SSSR count). The minimum atomic E-state index is -0.600. The fourth-order valence-electron chi connectivity index (χ4n) is 2.73. The van der Waals surface area contributed by atoms with Crippen molar-refractivity contribution in [3.05, 3.63) is 45.8 Å². The van der Waals surface area contributed by atoms with E-state index >= 15 is 0 Å². The van der Waals surface area contributed by atoms with E-state index in [1.54, 1.807) is 43.2 Å². The van der Waals surface area contributed by atoms with E-state index in [1.807, 2.05) is 13.8 Å². The molecule has 150 valence electrons. The van der Waals surface area contributed by atoms with Gasteiger partial charge in [0.2, 0.25) is 0 Å². The number of rotatable bonds is 7. The van der Waals surface area contributed by atoms with Crippen molar-refractivity contribution in [1.82, 2.24) is 4.90 Å². The normalized spacial score (nSPS) is 10.3. The molecule has 28 heavy (non-hydrogen) atoms. The summed E-state index contributed by atoms with van der Waals surface area (Å²) in [6.07, 6.45) is 0. The first-order valence-electron chi connectivity index (χ1n) is 8.84. The zero-order valence-electron chi connectivity index (χ0n) is 16.6. The van der Waals surface area contributed by atoms with Gasteiger partial charge in [-0.15, -0.1) is 11.3 Å². The molecule has 0 bridgehead atoms. The lowest BCUT2D eigenvalue weighted by Crippen LogP contribution is -2.30. The van der Waals surface area contributed by atoms with Gasteiger partial charge in [0.15, 0.2) is 0 Å². The van der Waals surface area contributed by atoms with Gasteiger partial charge in [0, 0.05) is 18.7 Å². The number of nitrogens with one attached hydrogen (secondary N) is 1. The topological polar surface area (TPSA) is 84.9 Å². The van der Waals surface area contributed by atoms with E-state index in [2.05, 4.69) is 5.32 Å². The molecule has 0 fully saturated rings. The number of hydrogen-bond donors (Lipinski definition) is 1. The van der Waals surface area contributed by atoms with Gasteiger partial charge in [-0.05, 0) is 50.6 Å². The minimum Gasteiger partial charge on any atom is -0.497 e. The lowest BCUT2D eigenvalue weighted by Gasteiger charge is -2.17. The van der Waals surface area contributed by atoms with Crippen LogP contribution in [0, 0.1) is 6.92 Å². The Kier molecular flexibility index (Phi) is 7.17. The molecule has 0 aliphatic carbocycles. The molecule has 1 heterocycles. The molecule has 7 nitrogen and oxygen atoms in total. The van der Waals surface area contributed by atoms with Crippen molar-refractivity contribution in [3.63, 3.8) is 0 Å². The SMILES string of the molecule is CCN(CC)C(=O)c1sc(NC(=O)c2ccc(OC)cc2)c(C(=O)OC)c1C. The number of amides is 2. The van der Waals surface area contributed by atoms with Gasteiger partial charge in [-0.2, -0.15) is 0 Å². The number of carbonyl (C=O) groups excluding carboxylic acids is 3. The minimum absolute atomic E-state index is 0.178. The van der Waals surface area contributed by atoms with Crippen LogP contribution in [0.1, 0.15) is 49.8 Å². The molecular formula is C20H24N2O5S. The van der Waals surface area contributed by atoms with Gasteiger partial charge in [-0.1, -0.05) is 0 Å². The molecule has 0 radical (unpaired) electrons. The quantitative estimate of drug-likeness (QED) is 0.713. The van der Waals surface area contributed by atoms with Crippen LogP contribution in [0.5, 0.6) is 5.75 Å². The van der Waals surface area contributed by atoms with Gasteiger partial charge in [0.25, 0.3) is 11.8 Å². The highest BCUT2D eigenvalue weighted by Crippen LogP contribution is 2.35. The van der Waals surface area contributed by atoms with Crippen molar-refractivity contribution < 1.29 is 23.9 Å². The molecule has 8 heteroatoms. The Labute approximate surface area is 168 Å². The number of hydrogen-bond acceptors (Lipinski definition) is 6. The van der Waals surface area contributed by atoms with Gasteiger partial charge >= 0.3 is 5.97 Å². The van der Waals surface area contributed by atoms with E-state index in [0.717, 1.165) is 11.3 Å². The fourth-order valence-corrected chi connectivity index (χ4v) is 3.88. The number of anilines is 1. The van der Waals surface area contributed by atoms with Crippen molar-refractivity contribution in [2.45, 2.75) is 20.8 Å². The maximum absolute atomic E-state index is 12.8. The molecular weight excluding hydrogens is 380 g/mol. The summed E-state index contributed by atoms with van der Waals surface area (Å²) in [5, 5.41) is 3.03. The number of nitrogens with zero attached hydrogens (tertiary/aromatic N) is 1. The van der Waals surface area contributed by atoms with Gasteiger partial charge in [0.05, 0.1) is 24.7 Å². The predicted octanol–water partition coefficient (Wildman–Crippen LogP) is 3.59. The first kappa shape index (κ1) is 21.4. The lowest BCUT2D eigenvalue weighted by atomic mass is 10.1. The molecule has 0 unspecified atom stereocenters. The van der Waals surface area contributed by atoms with E-state index in [1.165, 1.54) is 7.11 Å². The summed E-state index contributed by atoms with van der Waals surface area (Å²) >= 11 is 1.08. The molecule has 0 saturated heterocycles. The van der Waals surface area contributed by atoms with Gasteiger partial charge in [-0.3, -0.25) is 9.59 Å². The summed E-state index contributed by atoms with van der Waals surface area (Å²) in [6, 6.07) is 6.58. The van der Waals surface area contributed by atoms with E-state index in [-0.39, 0.29) is 11.5 Å². The van der Waals surface area contributed by atoms with Crippen molar-refractivity contribution in [2.24, 2.45) is 0 Å². The Balaban J connectivity index is 2.41. The zero-order valence-corrected chi connectivity index (χ0v) is 17.4. The van der Waals surface area contributed by atoms with Crippen LogP contribution in [0.4, 0.5) is 5.00 Å². The molecule has 2 aromatic rings. The summed E-state index contributed by atoms with van der Waals surface area (Å²) in [5.74, 6) is -0.540. The van der Waals surface area contributed by atoms with Crippen molar-refractivity contribution in [2.75, 3.05) is 32.6 Å². The highest BCUT2D eigenvalue weighted by molar-refractivity contribution is 7.18. The number of carbonyl (C=O) groups is 3. The third-order valence-corrected chi connectivity index (χ3v) is 5.56. The molecule has 1 N–H and O–H groups in total. The summed E-state index contributed by atoms with van der Waals surface area (Å²) in [6.45, 7) is 6.56. The van der Waals surface area contributed by atoms with E-state index in [9.17, 15) is 14.4 Å². The summed E-state index contributed by atoms with van der Waals surface area (Å²) in [7, 11) is 2.81. The Morgan fingerprint density at radius 1 is 1.07 bits per heavy atom. The number of ether oxygens (including phenoxy) is 2. The van der Waals surface area contributed by atoms with Gasteiger partial charge < -0.3 is 19.7 Å². The second kappa shape index (κ2) is 9.36. The lowest BCUT2D eigenvalue weighted by molar-refractivity contribution is 0.0601. The second-order valence-corrected chi connectivity index (χ2v) is 6.93. The van der Waals surface area contributed by atoms with Crippen molar-refractivity contribution >= 4 is 34.1 Å². The predicted molar refractivity (Wildman–Crippen MR) is 109 cm³/mol. The average molecular weight is 404 g/mol. The van der Waals surface area contributed by atoms with Gasteiger partial charge in [-0.25, -0.2) is 4.79 Å². The number of thiophene rings is 1. The standard InChI is InChI=1S/C20H24N2O5S/c1-6-22(7-2)19(24)16-12(3)15(20(25)27-5)18(28-16)21-17(23)13-8-10-14(26-4)11-9-13/h8-11H,6-7H2,1-5H3,(H,21,23). The number of esters is 1. The Morgan fingerprint density at radius 3 is 2.18 bits per heavy atom. The Morgan fingerprint density at radius 2 is 1.68 bits per heavy atom. The second-order valence-electron chi connectivity index (χ2n) is 5.91. The summed E-state index contributed by atoms with van der Waals surface area (Å²) in [5.41, 5.74) is 1.10. The van der Waals surface area contributed by atoms with Crippen LogP contribution in [0.25, 0.3) is 0 Å². The van der Waals surface area contributed by atoms with Crippen LogP contribution in [0.2, 0.25) is 0 Å². The highest BCUT2D eigenvalue weighted by atomic mass is 32.1. The van der Waals surface area contributed by atoms with Crippen LogP contribution >= 0.6 is 11.3 Å². The van der Waals surface area contributed by atoms with Crippen LogP contribution in [-0.2, 0) is 4.74 Å². The molecule has 1 aromatic heterocycles. The number of benzene rings is 1. The molecule has 0 aliphatic rings. The molecule has 0 spiro atoms. The average Bonchev–Trinajstić information content (AvgIpc) is 3.03. The van der Waals surface area contributed by atoms with E-state index in [4.69, 9.17) is 9.47 Å². The third kappa shape index (κ3) is 4.33. The van der Waals surface area contributed by atoms with Crippen LogP contribution < -0.4 is 10.1 Å². The molecule has 1 aromatic carbocycles. The maximum atomic E-state index is 12.8. The largest absolute Gasteiger partial charge is 0.497 e. The molecule has 0 saturated carbocycles. The molecule has 0 atom stereocenters. The number of methoxy groups -OCH3 is 2. The fraction of sp³-hybridized carbons (Fsp3) is 0.350. The maximum Gasteiger partial charge on any atom is 0.341 e. The van der Waals surface area contributed by atoms with Crippen molar-refractivity contribution in [3.8, 4) is 5.75 Å². The van der Waals surface area contributed by atoms with Crippen molar-refractivity contribution in [1.29, 1.82) is 0 Å². The van der Waals surface area contributed by atoms with Gasteiger partial charge in [0.1, 0.15) is 10.8 Å². The third-order valence-electron chi connectivity index (χ3n) is 4.36. The smallest absolute Gasteiger partial charge is 0.341 e. The molecule has 2 amide bonds. The van der Waals surface area contributed by atoms with E-state index in [0.29, 0.717) is 39.8 Å². The van der Waals surface area contributed by atoms with Crippen LogP contribution in [0.15, 0.2) is 24.3 Å². The zero-order chi connectivity index (χ0) is 20.8. The first-order chi connectivity index (χ1) is 13.4. The summed E-state index contributed by atoms with van der Waals surface area (Å²) in [4.78, 5) is 39.8. The monoisotopic (exact) mass is 404 g/mol. The Hall–Kier alpha value is -2.87.